The highest BCUT2D eigenvalue weighted by Crippen LogP contribution is 2.23. The fourth-order valence-electron chi connectivity index (χ4n) is 2.72. The Morgan fingerprint density at radius 1 is 1.07 bits per heavy atom. The largest absolute Gasteiger partial charge is 0.365 e. The third-order valence-corrected chi connectivity index (χ3v) is 4.03. The number of nitrogens with zero attached hydrogens (tertiary/aromatic N) is 3. The topological polar surface area (TPSA) is 122 Å². The van der Waals surface area contributed by atoms with Gasteiger partial charge in [0.05, 0.1) is 11.7 Å². The molecule has 0 aliphatic heterocycles. The molecular formula is C19H17N7O. The number of carbonyl (C=O) groups is 1. The molecule has 0 atom stereocenters. The van der Waals surface area contributed by atoms with Crippen molar-refractivity contribution in [2.24, 2.45) is 5.73 Å². The summed E-state index contributed by atoms with van der Waals surface area (Å²) in [6.45, 7) is 1.98. The van der Waals surface area contributed by atoms with Crippen LogP contribution >= 0.6 is 0 Å². The van der Waals surface area contributed by atoms with E-state index in [1.165, 1.54) is 6.20 Å². The second-order valence-electron chi connectivity index (χ2n) is 6.11. The van der Waals surface area contributed by atoms with Crippen LogP contribution in [0.25, 0.3) is 10.9 Å². The number of carbonyl (C=O) groups excluding carboxylic acids is 1. The minimum Gasteiger partial charge on any atom is -0.365 e. The summed E-state index contributed by atoms with van der Waals surface area (Å²) in [5.41, 5.74) is 9.25. The third-order valence-electron chi connectivity index (χ3n) is 4.03. The lowest BCUT2D eigenvalue weighted by atomic mass is 10.2. The number of hydrogen-bond acceptors (Lipinski definition) is 6. The number of rotatable bonds is 5. The van der Waals surface area contributed by atoms with Crippen molar-refractivity contribution in [1.82, 2.24) is 20.2 Å². The highest BCUT2D eigenvalue weighted by Gasteiger charge is 2.13. The van der Waals surface area contributed by atoms with Crippen molar-refractivity contribution in [2.45, 2.75) is 6.92 Å². The molecule has 2 aromatic carbocycles. The maximum absolute atomic E-state index is 11.7. The Bertz CT molecular complexity index is 1140. The summed E-state index contributed by atoms with van der Waals surface area (Å²) in [7, 11) is 0. The molecular weight excluding hydrogens is 342 g/mol. The minimum absolute atomic E-state index is 0.214. The molecule has 0 unspecified atom stereocenters. The smallest absolute Gasteiger partial charge is 0.254 e. The van der Waals surface area contributed by atoms with Crippen LogP contribution in [-0.2, 0) is 0 Å². The maximum Gasteiger partial charge on any atom is 0.254 e. The van der Waals surface area contributed by atoms with Crippen LogP contribution in [-0.4, -0.2) is 26.1 Å². The molecule has 4 rings (SSSR count). The molecule has 0 spiro atoms. The van der Waals surface area contributed by atoms with E-state index < -0.39 is 5.91 Å². The number of nitrogens with one attached hydrogen (secondary N) is 3. The van der Waals surface area contributed by atoms with Crippen LogP contribution in [0.4, 0.5) is 23.1 Å². The van der Waals surface area contributed by atoms with Gasteiger partial charge in [-0.3, -0.25) is 9.89 Å². The van der Waals surface area contributed by atoms with Gasteiger partial charge in [-0.2, -0.15) is 10.1 Å². The zero-order valence-electron chi connectivity index (χ0n) is 14.5. The van der Waals surface area contributed by atoms with Gasteiger partial charge in [-0.1, -0.05) is 12.1 Å². The van der Waals surface area contributed by atoms with E-state index in [9.17, 15) is 4.79 Å². The first kappa shape index (κ1) is 16.5. The van der Waals surface area contributed by atoms with Gasteiger partial charge in [-0.05, 0) is 42.8 Å². The lowest BCUT2D eigenvalue weighted by Crippen LogP contribution is -2.15. The SMILES string of the molecule is Cc1cccc(Nc2nc(Nc3ccc4cn[nH]c4c3)ncc2C(N)=O)c1. The first-order valence-electron chi connectivity index (χ1n) is 8.29. The van der Waals surface area contributed by atoms with Crippen LogP contribution in [0.1, 0.15) is 15.9 Å². The Morgan fingerprint density at radius 3 is 2.74 bits per heavy atom. The average molecular weight is 359 g/mol. The Kier molecular flexibility index (Phi) is 4.13. The number of benzene rings is 2. The summed E-state index contributed by atoms with van der Waals surface area (Å²) in [5.74, 6) is 0.0813. The quantitative estimate of drug-likeness (QED) is 0.434. The summed E-state index contributed by atoms with van der Waals surface area (Å²) in [6, 6.07) is 13.5. The van der Waals surface area contributed by atoms with Crippen LogP contribution in [0.3, 0.4) is 0 Å². The Morgan fingerprint density at radius 2 is 1.93 bits per heavy atom. The van der Waals surface area contributed by atoms with Gasteiger partial charge in [0, 0.05) is 23.0 Å². The Hall–Kier alpha value is -3.94. The van der Waals surface area contributed by atoms with Crippen molar-refractivity contribution in [3.63, 3.8) is 0 Å². The molecule has 2 heterocycles. The molecule has 8 heteroatoms. The molecule has 5 N–H and O–H groups in total. The molecule has 4 aromatic rings. The van der Waals surface area contributed by atoms with Crippen LogP contribution in [0.5, 0.6) is 0 Å². The van der Waals surface area contributed by atoms with Gasteiger partial charge in [0.1, 0.15) is 11.4 Å². The van der Waals surface area contributed by atoms with Crippen LogP contribution in [0, 0.1) is 6.92 Å². The lowest BCUT2D eigenvalue weighted by molar-refractivity contribution is 0.100. The van der Waals surface area contributed by atoms with Crippen molar-refractivity contribution in [3.05, 3.63) is 66.0 Å². The number of hydrogen-bond donors (Lipinski definition) is 4. The van der Waals surface area contributed by atoms with E-state index in [0.717, 1.165) is 27.8 Å². The fraction of sp³-hybridized carbons (Fsp3) is 0.0526. The molecule has 0 aliphatic rings. The van der Waals surface area contributed by atoms with Gasteiger partial charge in [0.15, 0.2) is 0 Å². The summed E-state index contributed by atoms with van der Waals surface area (Å²) in [5, 5.41) is 14.2. The lowest BCUT2D eigenvalue weighted by Gasteiger charge is -2.12. The molecule has 0 radical (unpaired) electrons. The molecule has 1 amide bonds. The molecule has 2 aromatic heterocycles. The van der Waals surface area contributed by atoms with E-state index in [1.54, 1.807) is 6.20 Å². The zero-order valence-corrected chi connectivity index (χ0v) is 14.5. The highest BCUT2D eigenvalue weighted by molar-refractivity contribution is 5.98. The normalized spacial score (nSPS) is 10.7. The molecule has 0 saturated carbocycles. The van der Waals surface area contributed by atoms with Crippen LogP contribution in [0.2, 0.25) is 0 Å². The first-order chi connectivity index (χ1) is 13.1. The monoisotopic (exact) mass is 359 g/mol. The number of anilines is 4. The van der Waals surface area contributed by atoms with E-state index >= 15 is 0 Å². The zero-order chi connectivity index (χ0) is 18.8. The Labute approximate surface area is 154 Å². The molecule has 0 bridgehead atoms. The van der Waals surface area contributed by atoms with Crippen molar-refractivity contribution in [3.8, 4) is 0 Å². The number of amides is 1. The molecule has 0 saturated heterocycles. The highest BCUT2D eigenvalue weighted by atomic mass is 16.1. The van der Waals surface area contributed by atoms with Crippen molar-refractivity contribution < 1.29 is 4.79 Å². The predicted octanol–water partition coefficient (Wildman–Crippen LogP) is 3.25. The van der Waals surface area contributed by atoms with Crippen LogP contribution in [0.15, 0.2) is 54.9 Å². The second-order valence-corrected chi connectivity index (χ2v) is 6.11. The Balaban J connectivity index is 1.66. The predicted molar refractivity (Wildman–Crippen MR) is 104 cm³/mol. The fourth-order valence-corrected chi connectivity index (χ4v) is 2.72. The van der Waals surface area contributed by atoms with Crippen molar-refractivity contribution in [1.29, 1.82) is 0 Å². The summed E-state index contributed by atoms with van der Waals surface area (Å²) in [4.78, 5) is 20.4. The number of H-pyrrole nitrogens is 1. The number of aromatic nitrogens is 4. The van der Waals surface area contributed by atoms with Gasteiger partial charge in [0.25, 0.3) is 5.91 Å². The minimum atomic E-state index is -0.601. The molecule has 8 nitrogen and oxygen atoms in total. The van der Waals surface area contributed by atoms with E-state index in [1.807, 2.05) is 49.4 Å². The van der Waals surface area contributed by atoms with Crippen LogP contribution < -0.4 is 16.4 Å². The number of fused-ring (bicyclic) bond motifs is 1. The van der Waals surface area contributed by atoms with Gasteiger partial charge in [0.2, 0.25) is 5.95 Å². The molecule has 0 aliphatic carbocycles. The van der Waals surface area contributed by atoms with Crippen molar-refractivity contribution >= 4 is 40.0 Å². The van der Waals surface area contributed by atoms with Gasteiger partial charge in [-0.15, -0.1) is 0 Å². The molecule has 27 heavy (non-hydrogen) atoms. The number of aromatic amines is 1. The summed E-state index contributed by atoms with van der Waals surface area (Å²) >= 11 is 0. The van der Waals surface area contributed by atoms with E-state index in [4.69, 9.17) is 5.73 Å². The molecule has 134 valence electrons. The second kappa shape index (κ2) is 6.75. The molecule has 0 fully saturated rings. The van der Waals surface area contributed by atoms with Crippen molar-refractivity contribution in [2.75, 3.05) is 10.6 Å². The average Bonchev–Trinajstić information content (AvgIpc) is 3.09. The third kappa shape index (κ3) is 3.54. The standard InChI is InChI=1S/C19H17N7O/c1-11-3-2-4-13(7-11)23-18-15(17(20)27)10-21-19(25-18)24-14-6-5-12-9-22-26-16(12)8-14/h2-10H,1H3,(H2,20,27)(H,22,26)(H2,21,23,24,25). The summed E-state index contributed by atoms with van der Waals surface area (Å²) < 4.78 is 0. The first-order valence-corrected chi connectivity index (χ1v) is 8.29. The maximum atomic E-state index is 11.7. The van der Waals surface area contributed by atoms with Gasteiger partial charge in [-0.25, -0.2) is 4.98 Å². The van der Waals surface area contributed by atoms with E-state index in [0.29, 0.717) is 11.8 Å². The number of primary amides is 1. The van der Waals surface area contributed by atoms with E-state index in [2.05, 4.69) is 30.8 Å². The summed E-state index contributed by atoms with van der Waals surface area (Å²) in [6.07, 6.45) is 3.16. The van der Waals surface area contributed by atoms with E-state index in [-0.39, 0.29) is 5.56 Å². The number of nitrogens with two attached hydrogens (primary N) is 1. The van der Waals surface area contributed by atoms with Gasteiger partial charge >= 0.3 is 0 Å². The number of aryl methyl sites for hydroxylation is 1. The van der Waals surface area contributed by atoms with Gasteiger partial charge < -0.3 is 16.4 Å².